The summed E-state index contributed by atoms with van der Waals surface area (Å²) in [5.41, 5.74) is 1.68. The number of rotatable bonds is 2. The maximum atomic E-state index is 12.3. The molecule has 0 aliphatic rings. The highest BCUT2D eigenvalue weighted by atomic mass is 16.5. The van der Waals surface area contributed by atoms with Gasteiger partial charge in [-0.25, -0.2) is 4.79 Å². The minimum atomic E-state index is -0.525. The molecule has 22 heavy (non-hydrogen) atoms. The van der Waals surface area contributed by atoms with Crippen molar-refractivity contribution in [3.8, 4) is 0 Å². The third-order valence-electron chi connectivity index (χ3n) is 3.08. The summed E-state index contributed by atoms with van der Waals surface area (Å²) < 4.78 is 4.73. The smallest absolute Gasteiger partial charge is 0.413 e. The van der Waals surface area contributed by atoms with Gasteiger partial charge in [0, 0.05) is 32.0 Å². The first-order valence-corrected chi connectivity index (χ1v) is 7.11. The van der Waals surface area contributed by atoms with E-state index >= 15 is 0 Å². The number of fused-ring (bicyclic) bond motifs is 1. The second-order valence-corrected chi connectivity index (χ2v) is 4.62. The quantitative estimate of drug-likeness (QED) is 0.927. The van der Waals surface area contributed by atoms with Gasteiger partial charge >= 0.3 is 6.09 Å². The van der Waals surface area contributed by atoms with Crippen LogP contribution in [0, 0.1) is 0 Å². The molecule has 0 aliphatic carbocycles. The summed E-state index contributed by atoms with van der Waals surface area (Å²) in [6.07, 6.45) is -0.525. The van der Waals surface area contributed by atoms with Crippen LogP contribution in [0.3, 0.4) is 0 Å². The first kappa shape index (κ1) is 17.6. The van der Waals surface area contributed by atoms with Gasteiger partial charge in [0.1, 0.15) is 5.69 Å². The van der Waals surface area contributed by atoms with Crippen LogP contribution in [0.15, 0.2) is 24.3 Å². The molecule has 2 rings (SSSR count). The van der Waals surface area contributed by atoms with Crippen molar-refractivity contribution in [1.29, 1.82) is 0 Å². The number of nitrogens with zero attached hydrogens (tertiary/aromatic N) is 2. The number of carbonyl (C=O) groups excluding carboxylic acids is 2. The fraction of sp³-hybridized carbons (Fsp3) is 0.375. The van der Waals surface area contributed by atoms with E-state index in [2.05, 4.69) is 4.98 Å². The summed E-state index contributed by atoms with van der Waals surface area (Å²) in [4.78, 5) is 29.9. The molecule has 1 aromatic heterocycles. The van der Waals surface area contributed by atoms with Crippen molar-refractivity contribution in [2.24, 2.45) is 0 Å². The number of ether oxygens (including phenoxy) is 1. The van der Waals surface area contributed by atoms with Gasteiger partial charge in [0.2, 0.25) is 0 Å². The molecule has 0 spiro atoms. The Morgan fingerprint density at radius 3 is 2.23 bits per heavy atom. The predicted octanol–water partition coefficient (Wildman–Crippen LogP) is 3.10. The Hall–Kier alpha value is -2.50. The SMILES string of the molecule is CC.COC(=O)N(C)c1c(C(=O)N(C)C)[nH]c2ccccc12. The fourth-order valence-corrected chi connectivity index (χ4v) is 2.08. The zero-order valence-electron chi connectivity index (χ0n) is 13.9. The number of benzene rings is 1. The summed E-state index contributed by atoms with van der Waals surface area (Å²) in [5, 5.41) is 0.797. The van der Waals surface area contributed by atoms with E-state index in [9.17, 15) is 9.59 Å². The largest absolute Gasteiger partial charge is 0.452 e. The number of nitrogens with one attached hydrogen (secondary N) is 1. The van der Waals surface area contributed by atoms with E-state index in [0.717, 1.165) is 10.9 Å². The van der Waals surface area contributed by atoms with Gasteiger partial charge in [0.05, 0.1) is 12.8 Å². The highest BCUT2D eigenvalue weighted by Gasteiger charge is 2.25. The van der Waals surface area contributed by atoms with Gasteiger partial charge in [-0.1, -0.05) is 32.0 Å². The second kappa shape index (κ2) is 7.49. The van der Waals surface area contributed by atoms with E-state index in [1.807, 2.05) is 38.1 Å². The fourth-order valence-electron chi connectivity index (χ4n) is 2.08. The molecule has 2 aromatic rings. The van der Waals surface area contributed by atoms with Crippen molar-refractivity contribution in [3.63, 3.8) is 0 Å². The van der Waals surface area contributed by atoms with Crippen molar-refractivity contribution in [3.05, 3.63) is 30.0 Å². The van der Waals surface area contributed by atoms with E-state index < -0.39 is 6.09 Å². The number of hydrogen-bond acceptors (Lipinski definition) is 3. The van der Waals surface area contributed by atoms with Gasteiger partial charge in [0.25, 0.3) is 5.91 Å². The number of hydrogen-bond donors (Lipinski definition) is 1. The molecule has 1 aromatic carbocycles. The lowest BCUT2D eigenvalue weighted by Crippen LogP contribution is -2.29. The van der Waals surface area contributed by atoms with Crippen LogP contribution in [-0.2, 0) is 4.74 Å². The molecular weight excluding hydrogens is 282 g/mol. The number of aromatic nitrogens is 1. The predicted molar refractivity (Wildman–Crippen MR) is 88.5 cm³/mol. The van der Waals surface area contributed by atoms with E-state index in [0.29, 0.717) is 11.4 Å². The lowest BCUT2D eigenvalue weighted by Gasteiger charge is -2.18. The van der Waals surface area contributed by atoms with Crippen LogP contribution < -0.4 is 4.90 Å². The third-order valence-corrected chi connectivity index (χ3v) is 3.08. The Morgan fingerprint density at radius 1 is 1.09 bits per heavy atom. The number of H-pyrrole nitrogens is 1. The normalized spacial score (nSPS) is 9.73. The number of anilines is 1. The zero-order valence-corrected chi connectivity index (χ0v) is 13.9. The van der Waals surface area contributed by atoms with Crippen molar-refractivity contribution < 1.29 is 14.3 Å². The molecular formula is C16H23N3O3. The van der Waals surface area contributed by atoms with Gasteiger partial charge < -0.3 is 14.6 Å². The molecule has 0 unspecified atom stereocenters. The van der Waals surface area contributed by atoms with E-state index in [1.165, 1.54) is 16.9 Å². The van der Waals surface area contributed by atoms with Gasteiger partial charge in [-0.2, -0.15) is 0 Å². The standard InChI is InChI=1S/C14H17N3O3.C2H6/c1-16(2)13(18)11-12(17(3)14(19)20-4)9-7-5-6-8-10(9)15-11;1-2/h5-8,15H,1-4H3;1-2H3. The Morgan fingerprint density at radius 2 is 1.68 bits per heavy atom. The Bertz CT molecular complexity index is 662. The summed E-state index contributed by atoms with van der Waals surface area (Å²) in [6, 6.07) is 7.43. The van der Waals surface area contributed by atoms with Crippen LogP contribution in [0.5, 0.6) is 0 Å². The minimum Gasteiger partial charge on any atom is -0.452 e. The van der Waals surface area contributed by atoms with Crippen LogP contribution in [0.4, 0.5) is 10.5 Å². The summed E-state index contributed by atoms with van der Waals surface area (Å²) in [6.45, 7) is 4.00. The zero-order chi connectivity index (χ0) is 16.9. The van der Waals surface area contributed by atoms with Crippen LogP contribution >= 0.6 is 0 Å². The second-order valence-electron chi connectivity index (χ2n) is 4.62. The van der Waals surface area contributed by atoms with E-state index in [1.54, 1.807) is 21.1 Å². The first-order chi connectivity index (χ1) is 10.5. The monoisotopic (exact) mass is 305 g/mol. The summed E-state index contributed by atoms with van der Waals surface area (Å²) >= 11 is 0. The van der Waals surface area contributed by atoms with Crippen LogP contribution in [0.2, 0.25) is 0 Å². The average molecular weight is 305 g/mol. The molecule has 1 N–H and O–H groups in total. The van der Waals surface area contributed by atoms with Crippen molar-refractivity contribution in [1.82, 2.24) is 9.88 Å². The molecule has 0 aliphatic heterocycles. The molecule has 0 radical (unpaired) electrons. The number of methoxy groups -OCH3 is 1. The van der Waals surface area contributed by atoms with Gasteiger partial charge in [-0.3, -0.25) is 9.69 Å². The van der Waals surface area contributed by atoms with E-state index in [-0.39, 0.29) is 5.91 Å². The Balaban J connectivity index is 0.00000116. The lowest BCUT2D eigenvalue weighted by molar-refractivity contribution is 0.0823. The number of aromatic amines is 1. The van der Waals surface area contributed by atoms with Crippen molar-refractivity contribution in [2.75, 3.05) is 33.2 Å². The Kier molecular flexibility index (Phi) is 5.98. The molecule has 6 nitrogen and oxygen atoms in total. The van der Waals surface area contributed by atoms with E-state index in [4.69, 9.17) is 4.74 Å². The topological polar surface area (TPSA) is 65.6 Å². The van der Waals surface area contributed by atoms with Crippen LogP contribution in [0.25, 0.3) is 10.9 Å². The maximum Gasteiger partial charge on any atom is 0.413 e. The molecule has 1 heterocycles. The molecule has 0 fully saturated rings. The number of para-hydroxylation sites is 1. The summed E-state index contributed by atoms with van der Waals surface area (Å²) in [5.74, 6) is -0.202. The number of carbonyl (C=O) groups is 2. The maximum absolute atomic E-state index is 12.3. The Labute approximate surface area is 130 Å². The van der Waals surface area contributed by atoms with Crippen molar-refractivity contribution >= 4 is 28.6 Å². The van der Waals surface area contributed by atoms with Crippen LogP contribution in [-0.4, -0.2) is 50.1 Å². The summed E-state index contributed by atoms with van der Waals surface area (Å²) in [7, 11) is 6.21. The van der Waals surface area contributed by atoms with Crippen LogP contribution in [0.1, 0.15) is 24.3 Å². The third kappa shape index (κ3) is 3.21. The molecule has 0 atom stereocenters. The highest BCUT2D eigenvalue weighted by molar-refractivity contribution is 6.12. The first-order valence-electron chi connectivity index (χ1n) is 7.11. The van der Waals surface area contributed by atoms with Gasteiger partial charge in [-0.15, -0.1) is 0 Å². The molecule has 6 heteroatoms. The molecule has 0 saturated carbocycles. The molecule has 2 amide bonds. The minimum absolute atomic E-state index is 0.202. The molecule has 120 valence electrons. The van der Waals surface area contributed by atoms with Crippen molar-refractivity contribution in [2.45, 2.75) is 13.8 Å². The number of amides is 2. The average Bonchev–Trinajstić information content (AvgIpc) is 2.93. The van der Waals surface area contributed by atoms with Gasteiger partial charge in [0.15, 0.2) is 0 Å². The van der Waals surface area contributed by atoms with Gasteiger partial charge in [-0.05, 0) is 6.07 Å². The highest BCUT2D eigenvalue weighted by Crippen LogP contribution is 2.31. The lowest BCUT2D eigenvalue weighted by atomic mass is 10.2. The molecule has 0 saturated heterocycles. The molecule has 0 bridgehead atoms.